The summed E-state index contributed by atoms with van der Waals surface area (Å²) >= 11 is 7.17. The number of rotatable bonds is 3. The number of nitrogens with one attached hydrogen (secondary N) is 1. The fraction of sp³-hybridized carbons (Fsp3) is 0.500. The van der Waals surface area contributed by atoms with Gasteiger partial charge in [0.1, 0.15) is 0 Å². The molecule has 3 heteroatoms. The van der Waals surface area contributed by atoms with Gasteiger partial charge in [0.15, 0.2) is 0 Å². The van der Waals surface area contributed by atoms with Gasteiger partial charge in [0.05, 0.1) is 0 Å². The van der Waals surface area contributed by atoms with Crippen LogP contribution < -0.4 is 5.32 Å². The van der Waals surface area contributed by atoms with E-state index in [1.54, 1.807) is 0 Å². The van der Waals surface area contributed by atoms with Crippen LogP contribution in [-0.2, 0) is 0 Å². The van der Waals surface area contributed by atoms with Crippen molar-refractivity contribution in [3.63, 3.8) is 0 Å². The molecule has 1 aliphatic rings. The van der Waals surface area contributed by atoms with E-state index in [1.165, 1.54) is 29.3 Å². The van der Waals surface area contributed by atoms with Crippen LogP contribution in [0.1, 0.15) is 30.9 Å². The smallest absolute Gasteiger partial charge is 0.0357 e. The standard InChI is InChI=1S/C12H15Br2N/c1-15-12(8-3-2-4-8)10-7-9(13)5-6-11(10)14/h5-8,12,15H,2-4H2,1H3. The van der Waals surface area contributed by atoms with Crippen LogP contribution in [-0.4, -0.2) is 7.05 Å². The van der Waals surface area contributed by atoms with Crippen molar-refractivity contribution in [1.29, 1.82) is 0 Å². The molecule has 0 spiro atoms. The normalized spacial score (nSPS) is 18.6. The van der Waals surface area contributed by atoms with E-state index < -0.39 is 0 Å². The third kappa shape index (κ3) is 2.45. The molecule has 82 valence electrons. The summed E-state index contributed by atoms with van der Waals surface area (Å²) in [6.45, 7) is 0. The van der Waals surface area contributed by atoms with Gasteiger partial charge in [-0.05, 0) is 49.6 Å². The van der Waals surface area contributed by atoms with Crippen LogP contribution in [0.3, 0.4) is 0 Å². The molecule has 0 aliphatic heterocycles. The first-order chi connectivity index (χ1) is 7.22. The second-order valence-corrected chi connectivity index (χ2v) is 5.89. The predicted molar refractivity (Wildman–Crippen MR) is 71.0 cm³/mol. The van der Waals surface area contributed by atoms with E-state index in [2.05, 4.69) is 62.4 Å². The Morgan fingerprint density at radius 2 is 2.07 bits per heavy atom. The van der Waals surface area contributed by atoms with E-state index >= 15 is 0 Å². The van der Waals surface area contributed by atoms with Gasteiger partial charge < -0.3 is 5.32 Å². The molecule has 0 radical (unpaired) electrons. The van der Waals surface area contributed by atoms with Crippen LogP contribution in [0.2, 0.25) is 0 Å². The second kappa shape index (κ2) is 4.98. The Morgan fingerprint density at radius 3 is 2.60 bits per heavy atom. The molecule has 1 nitrogen and oxygen atoms in total. The molecule has 1 saturated carbocycles. The lowest BCUT2D eigenvalue weighted by Crippen LogP contribution is -2.30. The monoisotopic (exact) mass is 331 g/mol. The molecule has 15 heavy (non-hydrogen) atoms. The zero-order valence-electron chi connectivity index (χ0n) is 8.76. The summed E-state index contributed by atoms with van der Waals surface area (Å²) < 4.78 is 2.36. The van der Waals surface area contributed by atoms with Crippen LogP contribution in [0, 0.1) is 5.92 Å². The summed E-state index contributed by atoms with van der Waals surface area (Å²) in [6.07, 6.45) is 4.09. The number of hydrogen-bond acceptors (Lipinski definition) is 1. The van der Waals surface area contributed by atoms with Gasteiger partial charge in [0.2, 0.25) is 0 Å². The molecule has 1 unspecified atom stereocenters. The maximum Gasteiger partial charge on any atom is 0.0357 e. The minimum absolute atomic E-state index is 0.491. The fourth-order valence-electron chi connectivity index (χ4n) is 2.17. The van der Waals surface area contributed by atoms with E-state index in [0.717, 1.165) is 10.4 Å². The minimum Gasteiger partial charge on any atom is -0.313 e. The maximum atomic E-state index is 3.63. The topological polar surface area (TPSA) is 12.0 Å². The SMILES string of the molecule is CNC(c1cc(Br)ccc1Br)C1CCC1. The lowest BCUT2D eigenvalue weighted by molar-refractivity contribution is 0.239. The highest BCUT2D eigenvalue weighted by molar-refractivity contribution is 9.11. The number of hydrogen-bond donors (Lipinski definition) is 1. The van der Waals surface area contributed by atoms with Gasteiger partial charge in [-0.25, -0.2) is 0 Å². The van der Waals surface area contributed by atoms with Crippen molar-refractivity contribution < 1.29 is 0 Å². The molecule has 1 aliphatic carbocycles. The zero-order valence-corrected chi connectivity index (χ0v) is 11.9. The first-order valence-electron chi connectivity index (χ1n) is 5.34. The van der Waals surface area contributed by atoms with Gasteiger partial charge in [-0.3, -0.25) is 0 Å². The van der Waals surface area contributed by atoms with Gasteiger partial charge in [-0.15, -0.1) is 0 Å². The molecular weight excluding hydrogens is 318 g/mol. The molecule has 0 amide bonds. The highest BCUT2D eigenvalue weighted by Gasteiger charge is 2.28. The molecule has 1 fully saturated rings. The third-order valence-corrected chi connectivity index (χ3v) is 4.44. The fourth-order valence-corrected chi connectivity index (χ4v) is 3.04. The van der Waals surface area contributed by atoms with Crippen LogP contribution in [0.5, 0.6) is 0 Å². The van der Waals surface area contributed by atoms with Gasteiger partial charge in [0.25, 0.3) is 0 Å². The van der Waals surface area contributed by atoms with Crippen LogP contribution in [0.15, 0.2) is 27.1 Å². The Morgan fingerprint density at radius 1 is 1.33 bits per heavy atom. The van der Waals surface area contributed by atoms with Gasteiger partial charge in [-0.2, -0.15) is 0 Å². The van der Waals surface area contributed by atoms with Crippen molar-refractivity contribution in [3.8, 4) is 0 Å². The van der Waals surface area contributed by atoms with Crippen molar-refractivity contribution >= 4 is 31.9 Å². The van der Waals surface area contributed by atoms with Gasteiger partial charge in [0, 0.05) is 15.0 Å². The van der Waals surface area contributed by atoms with Crippen molar-refractivity contribution in [2.24, 2.45) is 5.92 Å². The molecule has 1 N–H and O–H groups in total. The molecule has 0 saturated heterocycles. The van der Waals surface area contributed by atoms with Crippen LogP contribution >= 0.6 is 31.9 Å². The molecule has 1 aromatic carbocycles. The first kappa shape index (κ1) is 11.6. The third-order valence-electron chi connectivity index (χ3n) is 3.23. The van der Waals surface area contributed by atoms with E-state index in [-0.39, 0.29) is 0 Å². The highest BCUT2D eigenvalue weighted by Crippen LogP contribution is 2.40. The van der Waals surface area contributed by atoms with Gasteiger partial charge >= 0.3 is 0 Å². The van der Waals surface area contributed by atoms with Crippen LogP contribution in [0.25, 0.3) is 0 Å². The Balaban J connectivity index is 2.28. The first-order valence-corrected chi connectivity index (χ1v) is 6.93. The largest absolute Gasteiger partial charge is 0.313 e. The Hall–Kier alpha value is 0.140. The summed E-state index contributed by atoms with van der Waals surface area (Å²) in [4.78, 5) is 0. The Bertz CT molecular complexity index is 347. The van der Waals surface area contributed by atoms with Crippen molar-refractivity contribution in [3.05, 3.63) is 32.7 Å². The summed E-state index contributed by atoms with van der Waals surface area (Å²) in [7, 11) is 2.05. The molecule has 1 aromatic rings. The second-order valence-electron chi connectivity index (χ2n) is 4.12. The number of halogens is 2. The molecule has 0 heterocycles. The molecular formula is C12H15Br2N. The van der Waals surface area contributed by atoms with Crippen molar-refractivity contribution in [2.45, 2.75) is 25.3 Å². The average Bonchev–Trinajstić information content (AvgIpc) is 2.15. The quantitative estimate of drug-likeness (QED) is 0.871. The molecule has 0 aromatic heterocycles. The van der Waals surface area contributed by atoms with Crippen LogP contribution in [0.4, 0.5) is 0 Å². The summed E-state index contributed by atoms with van der Waals surface area (Å²) in [5.41, 5.74) is 1.37. The minimum atomic E-state index is 0.491. The Kier molecular flexibility index (Phi) is 3.86. The lowest BCUT2D eigenvalue weighted by atomic mass is 9.77. The van der Waals surface area contributed by atoms with Crippen molar-refractivity contribution in [1.82, 2.24) is 5.32 Å². The van der Waals surface area contributed by atoms with E-state index in [1.807, 2.05) is 0 Å². The summed E-state index contributed by atoms with van der Waals surface area (Å²) in [6, 6.07) is 6.89. The molecule has 0 bridgehead atoms. The van der Waals surface area contributed by atoms with E-state index in [0.29, 0.717) is 6.04 Å². The summed E-state index contributed by atoms with van der Waals surface area (Å²) in [5.74, 6) is 0.806. The maximum absolute atomic E-state index is 3.63. The number of benzene rings is 1. The highest BCUT2D eigenvalue weighted by atomic mass is 79.9. The van der Waals surface area contributed by atoms with Gasteiger partial charge in [-0.1, -0.05) is 38.3 Å². The Labute approximate surface area is 108 Å². The predicted octanol–water partition coefficient (Wildman–Crippen LogP) is 4.27. The van der Waals surface area contributed by atoms with E-state index in [9.17, 15) is 0 Å². The lowest BCUT2D eigenvalue weighted by Gasteiger charge is -2.34. The molecule has 1 atom stereocenters. The van der Waals surface area contributed by atoms with Crippen molar-refractivity contribution in [2.75, 3.05) is 7.05 Å². The molecule has 2 rings (SSSR count). The average molecular weight is 333 g/mol. The zero-order chi connectivity index (χ0) is 10.8. The van der Waals surface area contributed by atoms with E-state index in [4.69, 9.17) is 0 Å². The summed E-state index contributed by atoms with van der Waals surface area (Å²) in [5, 5.41) is 3.44.